The zero-order valence-corrected chi connectivity index (χ0v) is 15.0. The lowest BCUT2D eigenvalue weighted by atomic mass is 10.0. The summed E-state index contributed by atoms with van der Waals surface area (Å²) in [5.74, 6) is 1.10. The quantitative estimate of drug-likeness (QED) is 0.895. The molecule has 136 valence electrons. The van der Waals surface area contributed by atoms with Gasteiger partial charge in [0.25, 0.3) is 11.8 Å². The second-order valence-electron chi connectivity index (χ2n) is 6.04. The van der Waals surface area contributed by atoms with E-state index in [9.17, 15) is 9.59 Å². The predicted octanol–water partition coefficient (Wildman–Crippen LogP) is 2.41. The summed E-state index contributed by atoms with van der Waals surface area (Å²) in [5, 5.41) is 2.56. The Morgan fingerprint density at radius 3 is 2.54 bits per heavy atom. The molecule has 1 aliphatic heterocycles. The maximum atomic E-state index is 12.6. The monoisotopic (exact) mass is 354 g/mol. The predicted molar refractivity (Wildman–Crippen MR) is 99.0 cm³/mol. The molecule has 3 rings (SSSR count). The third-order valence-corrected chi connectivity index (χ3v) is 4.41. The lowest BCUT2D eigenvalue weighted by Crippen LogP contribution is -2.38. The highest BCUT2D eigenvalue weighted by Gasteiger charge is 2.23. The fourth-order valence-corrected chi connectivity index (χ4v) is 3.03. The van der Waals surface area contributed by atoms with Gasteiger partial charge in [-0.15, -0.1) is 0 Å². The highest BCUT2D eigenvalue weighted by Crippen LogP contribution is 2.30. The highest BCUT2D eigenvalue weighted by molar-refractivity contribution is 5.96. The number of hydrogen-bond acceptors (Lipinski definition) is 4. The minimum atomic E-state index is -0.159. The molecule has 2 aromatic rings. The van der Waals surface area contributed by atoms with E-state index in [0.29, 0.717) is 17.9 Å². The van der Waals surface area contributed by atoms with Crippen LogP contribution in [0.1, 0.15) is 22.3 Å². The van der Waals surface area contributed by atoms with Crippen molar-refractivity contribution in [1.29, 1.82) is 0 Å². The lowest BCUT2D eigenvalue weighted by Gasteiger charge is -2.29. The Balaban J connectivity index is 1.65. The van der Waals surface area contributed by atoms with E-state index in [0.717, 1.165) is 29.8 Å². The van der Waals surface area contributed by atoms with Gasteiger partial charge in [0, 0.05) is 24.8 Å². The fraction of sp³-hybridized carbons (Fsp3) is 0.300. The summed E-state index contributed by atoms with van der Waals surface area (Å²) in [6.45, 7) is 0.627. The first-order chi connectivity index (χ1) is 12.6. The van der Waals surface area contributed by atoms with Crippen molar-refractivity contribution in [1.82, 2.24) is 5.32 Å². The van der Waals surface area contributed by atoms with Gasteiger partial charge in [0.2, 0.25) is 0 Å². The maximum Gasteiger partial charge on any atom is 0.264 e. The van der Waals surface area contributed by atoms with Gasteiger partial charge in [0.05, 0.1) is 7.11 Å². The Kier molecular flexibility index (Phi) is 5.41. The number of nitrogens with zero attached hydrogens (tertiary/aromatic N) is 1. The van der Waals surface area contributed by atoms with Crippen LogP contribution in [0.3, 0.4) is 0 Å². The number of rotatable bonds is 5. The van der Waals surface area contributed by atoms with Crippen LogP contribution in [0, 0.1) is 0 Å². The number of benzene rings is 2. The fourth-order valence-electron chi connectivity index (χ4n) is 3.03. The van der Waals surface area contributed by atoms with Crippen molar-refractivity contribution in [2.45, 2.75) is 12.8 Å². The molecule has 0 fully saturated rings. The van der Waals surface area contributed by atoms with E-state index in [4.69, 9.17) is 9.47 Å². The minimum absolute atomic E-state index is 0.0508. The molecule has 0 atom stereocenters. The average molecular weight is 354 g/mol. The molecule has 1 heterocycles. The average Bonchev–Trinajstić information content (AvgIpc) is 2.70. The summed E-state index contributed by atoms with van der Waals surface area (Å²) >= 11 is 0. The summed E-state index contributed by atoms with van der Waals surface area (Å²) in [6, 6.07) is 12.5. The zero-order chi connectivity index (χ0) is 18.5. The number of methoxy groups -OCH3 is 1. The highest BCUT2D eigenvalue weighted by atomic mass is 16.5. The molecule has 2 amide bonds. The molecule has 0 radical (unpaired) electrons. The van der Waals surface area contributed by atoms with Crippen LogP contribution in [0.2, 0.25) is 0 Å². The molecular weight excluding hydrogens is 332 g/mol. The number of hydrogen-bond donors (Lipinski definition) is 1. The van der Waals surface area contributed by atoms with Crippen LogP contribution in [0.4, 0.5) is 5.69 Å². The molecular formula is C20H22N2O4. The molecule has 0 unspecified atom stereocenters. The van der Waals surface area contributed by atoms with Crippen molar-refractivity contribution in [2.75, 3.05) is 32.2 Å². The maximum absolute atomic E-state index is 12.6. The minimum Gasteiger partial charge on any atom is -0.497 e. The first kappa shape index (κ1) is 17.8. The summed E-state index contributed by atoms with van der Waals surface area (Å²) < 4.78 is 10.9. The molecule has 1 N–H and O–H groups in total. The van der Waals surface area contributed by atoms with Gasteiger partial charge in [-0.05, 0) is 60.9 Å². The van der Waals surface area contributed by atoms with Gasteiger partial charge < -0.3 is 19.7 Å². The standard InChI is InChI=1S/C20H22N2O4/c1-21-20(24)14-5-7-16(8-6-14)26-13-19(23)22-11-3-4-15-12-17(25-2)9-10-18(15)22/h5-10,12H,3-4,11,13H2,1-2H3,(H,21,24). The lowest BCUT2D eigenvalue weighted by molar-refractivity contribution is -0.120. The summed E-state index contributed by atoms with van der Waals surface area (Å²) in [7, 11) is 3.22. The third-order valence-electron chi connectivity index (χ3n) is 4.41. The van der Waals surface area contributed by atoms with Crippen LogP contribution in [-0.4, -0.2) is 39.1 Å². The number of nitrogens with one attached hydrogen (secondary N) is 1. The molecule has 0 spiro atoms. The number of carbonyl (C=O) groups excluding carboxylic acids is 2. The van der Waals surface area contributed by atoms with Crippen molar-refractivity contribution in [3.8, 4) is 11.5 Å². The van der Waals surface area contributed by atoms with Crippen LogP contribution in [0.5, 0.6) is 11.5 Å². The van der Waals surface area contributed by atoms with Gasteiger partial charge in [-0.25, -0.2) is 0 Å². The number of amides is 2. The van der Waals surface area contributed by atoms with E-state index in [-0.39, 0.29) is 18.4 Å². The molecule has 0 aromatic heterocycles. The van der Waals surface area contributed by atoms with Crippen LogP contribution in [0.15, 0.2) is 42.5 Å². The number of aryl methyl sites for hydroxylation is 1. The molecule has 0 bridgehead atoms. The third kappa shape index (κ3) is 3.79. The van der Waals surface area contributed by atoms with Crippen molar-refractivity contribution < 1.29 is 19.1 Å². The van der Waals surface area contributed by atoms with Crippen LogP contribution in [0.25, 0.3) is 0 Å². The van der Waals surface area contributed by atoms with Crippen LogP contribution >= 0.6 is 0 Å². The van der Waals surface area contributed by atoms with E-state index < -0.39 is 0 Å². The Morgan fingerprint density at radius 2 is 1.85 bits per heavy atom. The smallest absolute Gasteiger partial charge is 0.264 e. The summed E-state index contributed by atoms with van der Waals surface area (Å²) in [5.41, 5.74) is 2.57. The van der Waals surface area contributed by atoms with Crippen molar-refractivity contribution >= 4 is 17.5 Å². The summed E-state index contributed by atoms with van der Waals surface area (Å²) in [6.07, 6.45) is 1.84. The Hall–Kier alpha value is -3.02. The number of carbonyl (C=O) groups is 2. The summed E-state index contributed by atoms with van der Waals surface area (Å²) in [4.78, 5) is 25.9. The van der Waals surface area contributed by atoms with Gasteiger partial charge in [-0.2, -0.15) is 0 Å². The SMILES string of the molecule is CNC(=O)c1ccc(OCC(=O)N2CCCc3cc(OC)ccc32)cc1. The Bertz CT molecular complexity index is 802. The van der Waals surface area contributed by atoms with E-state index >= 15 is 0 Å². The normalized spacial score (nSPS) is 12.9. The van der Waals surface area contributed by atoms with Crippen LogP contribution < -0.4 is 19.7 Å². The molecule has 0 saturated carbocycles. The van der Waals surface area contributed by atoms with Gasteiger partial charge in [0.15, 0.2) is 6.61 Å². The second-order valence-corrected chi connectivity index (χ2v) is 6.04. The Morgan fingerprint density at radius 1 is 1.12 bits per heavy atom. The molecule has 26 heavy (non-hydrogen) atoms. The number of anilines is 1. The van der Waals surface area contributed by atoms with Crippen molar-refractivity contribution in [3.63, 3.8) is 0 Å². The molecule has 1 aliphatic rings. The second kappa shape index (κ2) is 7.91. The number of ether oxygens (including phenoxy) is 2. The molecule has 6 heteroatoms. The largest absolute Gasteiger partial charge is 0.497 e. The first-order valence-corrected chi connectivity index (χ1v) is 8.54. The first-order valence-electron chi connectivity index (χ1n) is 8.54. The topological polar surface area (TPSA) is 67.9 Å². The molecule has 0 aliphatic carbocycles. The number of fused-ring (bicyclic) bond motifs is 1. The van der Waals surface area contributed by atoms with E-state index in [1.54, 1.807) is 43.3 Å². The van der Waals surface area contributed by atoms with Gasteiger partial charge in [-0.3, -0.25) is 9.59 Å². The van der Waals surface area contributed by atoms with Crippen molar-refractivity contribution in [2.24, 2.45) is 0 Å². The van der Waals surface area contributed by atoms with Gasteiger partial charge >= 0.3 is 0 Å². The van der Waals surface area contributed by atoms with E-state index in [2.05, 4.69) is 5.32 Å². The zero-order valence-electron chi connectivity index (χ0n) is 15.0. The molecule has 2 aromatic carbocycles. The van der Waals surface area contributed by atoms with Gasteiger partial charge in [-0.1, -0.05) is 0 Å². The van der Waals surface area contributed by atoms with E-state index in [1.807, 2.05) is 18.2 Å². The molecule has 0 saturated heterocycles. The Labute approximate surface area is 152 Å². The molecule has 6 nitrogen and oxygen atoms in total. The van der Waals surface area contributed by atoms with Crippen LogP contribution in [-0.2, 0) is 11.2 Å². The van der Waals surface area contributed by atoms with Crippen molar-refractivity contribution in [3.05, 3.63) is 53.6 Å². The van der Waals surface area contributed by atoms with Gasteiger partial charge in [0.1, 0.15) is 11.5 Å². The van der Waals surface area contributed by atoms with E-state index in [1.165, 1.54) is 0 Å².